The number of amides is 2. The number of urea groups is 1. The molecule has 0 aromatic carbocycles. The number of carbonyl (C=O) groups is 1. The molecule has 0 aromatic heterocycles. The van der Waals surface area contributed by atoms with Crippen LogP contribution in [0.15, 0.2) is 22.1 Å². The second-order valence-electron chi connectivity index (χ2n) is 11.1. The van der Waals surface area contributed by atoms with Crippen molar-refractivity contribution in [2.75, 3.05) is 46.8 Å². The number of nitrogens with one attached hydrogen (secondary N) is 1. The molecule has 2 amide bonds. The zero-order valence-electron chi connectivity index (χ0n) is 22.3. The fourth-order valence-electron chi connectivity index (χ4n) is 5.94. The summed E-state index contributed by atoms with van der Waals surface area (Å²) in [4.78, 5) is 19.4. The summed E-state index contributed by atoms with van der Waals surface area (Å²) >= 11 is 1.66. The lowest BCUT2D eigenvalue weighted by Gasteiger charge is -2.42. The number of allylic oxidation sites excluding steroid dienone is 2. The average Bonchev–Trinajstić information content (AvgIpc) is 2.86. The van der Waals surface area contributed by atoms with Crippen molar-refractivity contribution in [3.8, 4) is 0 Å². The van der Waals surface area contributed by atoms with Gasteiger partial charge in [0.1, 0.15) is 0 Å². The molecule has 2 heterocycles. The molecule has 10 heteroatoms. The summed E-state index contributed by atoms with van der Waals surface area (Å²) in [6.45, 7) is 5.57. The standard InChI is InChI=1S/C26H45N5O3S2/c1-21-12-14-23(15-13-21)31(22-8-5-4-6-9-22)26(32)27-25-11-7-10-24(35-25)20-29-16-18-30(19-17-29)36(33,34)28(2)3/h10-11,21-23H,4-9,12-20H2,1-3H3,(H,27,32). The Morgan fingerprint density at radius 3 is 2.25 bits per heavy atom. The van der Waals surface area contributed by atoms with Crippen molar-refractivity contribution >= 4 is 28.0 Å². The van der Waals surface area contributed by atoms with E-state index in [0.29, 0.717) is 38.3 Å². The number of piperazine rings is 1. The lowest BCUT2D eigenvalue weighted by atomic mass is 9.84. The Morgan fingerprint density at radius 1 is 0.972 bits per heavy atom. The summed E-state index contributed by atoms with van der Waals surface area (Å²) < 4.78 is 27.6. The second-order valence-corrected chi connectivity index (χ2v) is 14.4. The highest BCUT2D eigenvalue weighted by molar-refractivity contribution is 8.06. The third kappa shape index (κ3) is 7.07. The zero-order valence-corrected chi connectivity index (χ0v) is 24.0. The second kappa shape index (κ2) is 12.7. The molecule has 4 rings (SSSR count). The Labute approximate surface area is 222 Å². The fourth-order valence-corrected chi connectivity index (χ4v) is 8.06. The first-order valence-electron chi connectivity index (χ1n) is 13.8. The molecule has 0 aromatic rings. The molecule has 4 aliphatic rings. The van der Waals surface area contributed by atoms with Gasteiger partial charge >= 0.3 is 6.03 Å². The first-order chi connectivity index (χ1) is 17.2. The predicted molar refractivity (Wildman–Crippen MR) is 148 cm³/mol. The first-order valence-corrected chi connectivity index (χ1v) is 16.0. The van der Waals surface area contributed by atoms with Crippen LogP contribution in [0.3, 0.4) is 0 Å². The maximum absolute atomic E-state index is 13.6. The van der Waals surface area contributed by atoms with Crippen molar-refractivity contribution in [2.24, 2.45) is 5.92 Å². The molecule has 0 atom stereocenters. The van der Waals surface area contributed by atoms with Crippen LogP contribution in [0, 0.1) is 5.92 Å². The van der Waals surface area contributed by atoms with Crippen molar-refractivity contribution in [1.29, 1.82) is 0 Å². The van der Waals surface area contributed by atoms with Gasteiger partial charge < -0.3 is 10.2 Å². The molecule has 3 fully saturated rings. The molecular formula is C26H45N5O3S2. The van der Waals surface area contributed by atoms with Crippen molar-refractivity contribution < 1.29 is 13.2 Å². The lowest BCUT2D eigenvalue weighted by Crippen LogP contribution is -2.53. The highest BCUT2D eigenvalue weighted by Crippen LogP contribution is 2.34. The molecule has 2 aliphatic heterocycles. The van der Waals surface area contributed by atoms with E-state index in [4.69, 9.17) is 0 Å². The quantitative estimate of drug-likeness (QED) is 0.525. The zero-order chi connectivity index (χ0) is 25.7. The molecular weight excluding hydrogens is 494 g/mol. The number of rotatable bonds is 7. The minimum absolute atomic E-state index is 0.0870. The number of hydrogen-bond donors (Lipinski definition) is 1. The molecule has 2 aliphatic carbocycles. The lowest BCUT2D eigenvalue weighted by molar-refractivity contribution is 0.0988. The van der Waals surface area contributed by atoms with Crippen LogP contribution in [0.25, 0.3) is 0 Å². The van der Waals surface area contributed by atoms with Gasteiger partial charge in [-0.15, -0.1) is 0 Å². The van der Waals surface area contributed by atoms with Gasteiger partial charge in [-0.3, -0.25) is 4.90 Å². The highest BCUT2D eigenvalue weighted by atomic mass is 32.2. The molecule has 8 nitrogen and oxygen atoms in total. The average molecular weight is 540 g/mol. The topological polar surface area (TPSA) is 76.2 Å². The monoisotopic (exact) mass is 539 g/mol. The summed E-state index contributed by atoms with van der Waals surface area (Å²) in [7, 11) is -0.188. The molecule has 36 heavy (non-hydrogen) atoms. The SMILES string of the molecule is CC1CCC(N(C(=O)NC2=CCC=C(CN3CCN(S(=O)(=O)N(C)C)CC3)S2)C2CCCCC2)CC1. The van der Waals surface area contributed by atoms with Gasteiger partial charge in [0.25, 0.3) is 10.2 Å². The molecule has 2 saturated carbocycles. The fraction of sp³-hybridized carbons (Fsp3) is 0.808. The summed E-state index contributed by atoms with van der Waals surface area (Å²) in [5, 5.41) is 4.23. The minimum atomic E-state index is -3.35. The van der Waals surface area contributed by atoms with Gasteiger partial charge in [0.15, 0.2) is 0 Å². The van der Waals surface area contributed by atoms with Crippen molar-refractivity contribution in [1.82, 2.24) is 23.7 Å². The third-order valence-corrected chi connectivity index (χ3v) is 11.2. The molecule has 1 saturated heterocycles. The van der Waals surface area contributed by atoms with Gasteiger partial charge in [0.05, 0.1) is 5.03 Å². The Balaban J connectivity index is 1.31. The Kier molecular flexibility index (Phi) is 9.82. The normalized spacial score (nSPS) is 27.4. The summed E-state index contributed by atoms with van der Waals surface area (Å²) in [5.74, 6) is 0.770. The van der Waals surface area contributed by atoms with Gasteiger partial charge in [-0.1, -0.05) is 44.0 Å². The summed E-state index contributed by atoms with van der Waals surface area (Å²) in [6, 6.07) is 0.823. The highest BCUT2D eigenvalue weighted by Gasteiger charge is 2.34. The van der Waals surface area contributed by atoms with Gasteiger partial charge in [-0.2, -0.15) is 17.0 Å². The van der Waals surface area contributed by atoms with Crippen LogP contribution >= 0.6 is 11.8 Å². The maximum atomic E-state index is 13.6. The molecule has 0 radical (unpaired) electrons. The van der Waals surface area contributed by atoms with E-state index in [0.717, 1.165) is 49.6 Å². The summed E-state index contributed by atoms with van der Waals surface area (Å²) in [5.41, 5.74) is 0. The number of thioether (sulfide) groups is 1. The van der Waals surface area contributed by atoms with E-state index in [1.54, 1.807) is 30.2 Å². The van der Waals surface area contributed by atoms with Crippen molar-refractivity contribution in [3.05, 3.63) is 22.1 Å². The summed E-state index contributed by atoms with van der Waals surface area (Å²) in [6.07, 6.45) is 15.9. The van der Waals surface area contributed by atoms with Crippen LogP contribution in [0.5, 0.6) is 0 Å². The van der Waals surface area contributed by atoms with E-state index >= 15 is 0 Å². The van der Waals surface area contributed by atoms with Crippen LogP contribution in [-0.4, -0.2) is 91.8 Å². The van der Waals surface area contributed by atoms with Crippen LogP contribution in [-0.2, 0) is 10.2 Å². The van der Waals surface area contributed by atoms with Gasteiger partial charge in [0.2, 0.25) is 0 Å². The van der Waals surface area contributed by atoms with Gasteiger partial charge in [-0.05, 0) is 56.9 Å². The Morgan fingerprint density at radius 2 is 1.61 bits per heavy atom. The maximum Gasteiger partial charge on any atom is 0.322 e. The Hall–Kier alpha value is -1.07. The van der Waals surface area contributed by atoms with Crippen LogP contribution in [0.1, 0.15) is 71.1 Å². The van der Waals surface area contributed by atoms with Crippen LogP contribution < -0.4 is 5.32 Å². The van der Waals surface area contributed by atoms with E-state index in [9.17, 15) is 13.2 Å². The smallest absolute Gasteiger partial charge is 0.319 e. The largest absolute Gasteiger partial charge is 0.322 e. The number of hydrogen-bond acceptors (Lipinski definition) is 5. The van der Waals surface area contributed by atoms with Crippen LogP contribution in [0.2, 0.25) is 0 Å². The minimum Gasteiger partial charge on any atom is -0.319 e. The van der Waals surface area contributed by atoms with E-state index in [-0.39, 0.29) is 6.03 Å². The number of nitrogens with zero attached hydrogens (tertiary/aromatic N) is 4. The van der Waals surface area contributed by atoms with E-state index in [2.05, 4.69) is 34.2 Å². The van der Waals surface area contributed by atoms with Crippen LogP contribution in [0.4, 0.5) is 4.79 Å². The molecule has 0 unspecified atom stereocenters. The van der Waals surface area contributed by atoms with E-state index < -0.39 is 10.2 Å². The van der Waals surface area contributed by atoms with E-state index in [1.807, 2.05) is 0 Å². The molecule has 0 bridgehead atoms. The molecule has 204 valence electrons. The molecule has 0 spiro atoms. The predicted octanol–water partition coefficient (Wildman–Crippen LogP) is 4.20. The van der Waals surface area contributed by atoms with Gasteiger partial charge in [-0.25, -0.2) is 4.79 Å². The van der Waals surface area contributed by atoms with Crippen molar-refractivity contribution in [3.63, 3.8) is 0 Å². The first kappa shape index (κ1) is 28.0. The third-order valence-electron chi connectivity index (χ3n) is 8.20. The van der Waals surface area contributed by atoms with Gasteiger partial charge in [0, 0.05) is 63.8 Å². The van der Waals surface area contributed by atoms with E-state index in [1.165, 1.54) is 41.3 Å². The molecule has 1 N–H and O–H groups in total. The number of carbonyl (C=O) groups excluding carboxylic acids is 1. The Bertz CT molecular complexity index is 914. The van der Waals surface area contributed by atoms with Crippen molar-refractivity contribution in [2.45, 2.75) is 83.2 Å².